The Morgan fingerprint density at radius 1 is 0.432 bits per heavy atom. The van der Waals surface area contributed by atoms with Crippen molar-refractivity contribution < 1.29 is 19.8 Å². The van der Waals surface area contributed by atoms with Crippen molar-refractivity contribution in [2.75, 3.05) is 0 Å². The molecule has 0 radical (unpaired) electrons. The van der Waals surface area contributed by atoms with E-state index in [1.165, 1.54) is 103 Å². The van der Waals surface area contributed by atoms with Crippen LogP contribution in [0.4, 0.5) is 0 Å². The molecule has 0 N–H and O–H groups in total. The van der Waals surface area contributed by atoms with Crippen molar-refractivity contribution in [2.24, 2.45) is 0 Å². The van der Waals surface area contributed by atoms with Gasteiger partial charge in [-0.15, -0.1) is 0 Å². The minimum Gasteiger partial charge on any atom is -0.550 e. The maximum atomic E-state index is 10.2. The summed E-state index contributed by atoms with van der Waals surface area (Å²) in [5.41, 5.74) is 0. The number of unbranched alkanes of at least 4 members (excludes halogenated alkanes) is 18. The van der Waals surface area contributed by atoms with Crippen LogP contribution in [0.3, 0.4) is 0 Å². The second-order valence-corrected chi connectivity index (χ2v) is 10.00. The van der Waals surface area contributed by atoms with Gasteiger partial charge < -0.3 is 19.8 Å². The van der Waals surface area contributed by atoms with Gasteiger partial charge in [0.25, 0.3) is 0 Å². The largest absolute Gasteiger partial charge is 2.00 e. The third-order valence-corrected chi connectivity index (χ3v) is 6.29. The number of carbonyl (C=O) groups is 2. The van der Waals surface area contributed by atoms with E-state index in [0.717, 1.165) is 38.5 Å². The Kier molecular flexibility index (Phi) is 42.8. The first-order valence-corrected chi connectivity index (χ1v) is 15.2. The molecular formula is C32H58BaO4. The van der Waals surface area contributed by atoms with Crippen LogP contribution in [0.1, 0.15) is 168 Å². The average Bonchev–Trinajstić information content (AvgIpc) is 2.85. The number of rotatable bonds is 26. The zero-order chi connectivity index (χ0) is 27.0. The molecule has 0 rings (SSSR count). The van der Waals surface area contributed by atoms with Crippen LogP contribution in [-0.4, -0.2) is 60.8 Å². The van der Waals surface area contributed by atoms with Crippen molar-refractivity contribution >= 4 is 60.8 Å². The molecule has 0 aromatic rings. The molecule has 0 atom stereocenters. The molecule has 0 amide bonds. The number of hydrogen-bond donors (Lipinski definition) is 0. The molecule has 0 aromatic carbocycles. The fraction of sp³-hybridized carbons (Fsp3) is 0.812. The fourth-order valence-electron chi connectivity index (χ4n) is 3.97. The van der Waals surface area contributed by atoms with E-state index in [-0.39, 0.29) is 61.7 Å². The molecule has 37 heavy (non-hydrogen) atoms. The van der Waals surface area contributed by atoms with Crippen LogP contribution in [0.2, 0.25) is 0 Å². The zero-order valence-electron chi connectivity index (χ0n) is 24.6. The normalized spacial score (nSPS) is 10.9. The molecule has 0 fully saturated rings. The summed E-state index contributed by atoms with van der Waals surface area (Å²) in [4.78, 5) is 20.4. The molecule has 0 aromatic heterocycles. The standard InChI is InChI=1S/2C16H30O2.Ba/c2*1-2-3-4-5-6-7-8-9-10-11-12-13-14-15-16(17)18;/h2*7-8H,2-6,9-15H2,1H3,(H,17,18);/q;;+2/p-2/b2*8-7-;. The molecule has 0 aliphatic rings. The number of hydrogen-bond acceptors (Lipinski definition) is 4. The molecule has 0 heterocycles. The SMILES string of the molecule is CCCCCC/C=C\CCCCCCCC(=O)[O-].CCCCCC/C=C\CCCCCCCC(=O)[O-].[Ba+2]. The van der Waals surface area contributed by atoms with E-state index in [1.54, 1.807) is 0 Å². The number of allylic oxidation sites excluding steroid dienone is 4. The second kappa shape index (κ2) is 38.1. The quantitative estimate of drug-likeness (QED) is 0.0552. The van der Waals surface area contributed by atoms with Crippen LogP contribution in [-0.2, 0) is 9.59 Å². The summed E-state index contributed by atoms with van der Waals surface area (Å²) >= 11 is 0. The number of carbonyl (C=O) groups excluding carboxylic acids is 2. The smallest absolute Gasteiger partial charge is 0.550 e. The van der Waals surface area contributed by atoms with Gasteiger partial charge in [-0.3, -0.25) is 0 Å². The summed E-state index contributed by atoms with van der Waals surface area (Å²) in [7, 11) is 0. The Morgan fingerprint density at radius 3 is 0.946 bits per heavy atom. The van der Waals surface area contributed by atoms with Gasteiger partial charge in [0.05, 0.1) is 0 Å². The molecule has 0 saturated carbocycles. The van der Waals surface area contributed by atoms with E-state index in [4.69, 9.17) is 0 Å². The summed E-state index contributed by atoms with van der Waals surface area (Å²) < 4.78 is 0. The molecule has 5 heteroatoms. The summed E-state index contributed by atoms with van der Waals surface area (Å²) in [5, 5.41) is 20.4. The molecule has 0 aliphatic heterocycles. The van der Waals surface area contributed by atoms with Gasteiger partial charge in [-0.05, 0) is 77.0 Å². The maximum Gasteiger partial charge on any atom is 2.00 e. The Bertz CT molecular complexity index is 471. The molecule has 212 valence electrons. The van der Waals surface area contributed by atoms with Crippen LogP contribution < -0.4 is 10.2 Å². The average molecular weight is 644 g/mol. The minimum atomic E-state index is -0.916. The van der Waals surface area contributed by atoms with E-state index in [2.05, 4.69) is 38.2 Å². The third-order valence-electron chi connectivity index (χ3n) is 6.29. The summed E-state index contributed by atoms with van der Waals surface area (Å²) in [6.45, 7) is 4.48. The molecule has 0 unspecified atom stereocenters. The predicted octanol–water partition coefficient (Wildman–Crippen LogP) is 7.61. The Hall–Kier alpha value is -0.00857. The van der Waals surface area contributed by atoms with Crippen LogP contribution in [0, 0.1) is 0 Å². The van der Waals surface area contributed by atoms with E-state index in [9.17, 15) is 19.8 Å². The Labute approximate surface area is 270 Å². The molecule has 0 saturated heterocycles. The van der Waals surface area contributed by atoms with E-state index < -0.39 is 11.9 Å². The summed E-state index contributed by atoms with van der Waals surface area (Å²) in [5.74, 6) is -1.83. The monoisotopic (exact) mass is 644 g/mol. The summed E-state index contributed by atoms with van der Waals surface area (Å²) in [6, 6.07) is 0. The van der Waals surface area contributed by atoms with Gasteiger partial charge in [0.2, 0.25) is 0 Å². The van der Waals surface area contributed by atoms with Crippen LogP contribution in [0.5, 0.6) is 0 Å². The van der Waals surface area contributed by atoms with Crippen molar-refractivity contribution in [3.63, 3.8) is 0 Å². The van der Waals surface area contributed by atoms with Gasteiger partial charge in [0.15, 0.2) is 0 Å². The molecule has 4 nitrogen and oxygen atoms in total. The van der Waals surface area contributed by atoms with Gasteiger partial charge in [-0.1, -0.05) is 115 Å². The Balaban J connectivity index is -0.000000608. The third kappa shape index (κ3) is 46.2. The van der Waals surface area contributed by atoms with Crippen LogP contribution in [0.25, 0.3) is 0 Å². The first-order valence-electron chi connectivity index (χ1n) is 15.2. The molecule has 0 bridgehead atoms. The van der Waals surface area contributed by atoms with Gasteiger partial charge >= 0.3 is 48.9 Å². The molecule has 0 aliphatic carbocycles. The molecule has 0 spiro atoms. The molecular weight excluding hydrogens is 586 g/mol. The van der Waals surface area contributed by atoms with E-state index >= 15 is 0 Å². The van der Waals surface area contributed by atoms with E-state index in [0.29, 0.717) is 0 Å². The van der Waals surface area contributed by atoms with Crippen molar-refractivity contribution in [3.8, 4) is 0 Å². The fourth-order valence-corrected chi connectivity index (χ4v) is 3.97. The van der Waals surface area contributed by atoms with Gasteiger partial charge in [-0.2, -0.15) is 0 Å². The number of carboxylic acids is 2. The van der Waals surface area contributed by atoms with Gasteiger partial charge in [0.1, 0.15) is 0 Å². The summed E-state index contributed by atoms with van der Waals surface area (Å²) in [6.07, 6.45) is 36.0. The predicted molar refractivity (Wildman–Crippen MR) is 156 cm³/mol. The van der Waals surface area contributed by atoms with Crippen molar-refractivity contribution in [1.82, 2.24) is 0 Å². The minimum absolute atomic E-state index is 0. The first kappa shape index (κ1) is 41.5. The van der Waals surface area contributed by atoms with Crippen molar-refractivity contribution in [3.05, 3.63) is 24.3 Å². The second-order valence-electron chi connectivity index (χ2n) is 10.00. The maximum absolute atomic E-state index is 10.2. The zero-order valence-corrected chi connectivity index (χ0v) is 29.1. The first-order chi connectivity index (χ1) is 17.5. The van der Waals surface area contributed by atoms with Gasteiger partial charge in [-0.25, -0.2) is 0 Å². The van der Waals surface area contributed by atoms with Crippen molar-refractivity contribution in [2.45, 2.75) is 168 Å². The van der Waals surface area contributed by atoms with E-state index in [1.807, 2.05) is 0 Å². The van der Waals surface area contributed by atoms with Crippen LogP contribution >= 0.6 is 0 Å². The number of carboxylic acid groups (broad SMARTS) is 2. The Morgan fingerprint density at radius 2 is 0.676 bits per heavy atom. The topological polar surface area (TPSA) is 80.3 Å². The van der Waals surface area contributed by atoms with Crippen LogP contribution in [0.15, 0.2) is 24.3 Å². The van der Waals surface area contributed by atoms with Gasteiger partial charge in [0, 0.05) is 11.9 Å². The van der Waals surface area contributed by atoms with Crippen molar-refractivity contribution in [1.29, 1.82) is 0 Å². The number of aliphatic carboxylic acids is 2.